The van der Waals surface area contributed by atoms with Gasteiger partial charge in [-0.25, -0.2) is 4.39 Å². The van der Waals surface area contributed by atoms with Crippen LogP contribution in [0.4, 0.5) is 4.39 Å². The maximum Gasteiger partial charge on any atom is 0.137 e. The zero-order chi connectivity index (χ0) is 8.43. The second-order valence-electron chi connectivity index (χ2n) is 2.46. The summed E-state index contributed by atoms with van der Waals surface area (Å²) >= 11 is 3.08. The van der Waals surface area contributed by atoms with E-state index in [9.17, 15) is 4.39 Å². The van der Waals surface area contributed by atoms with E-state index in [1.54, 1.807) is 12.1 Å². The smallest absolute Gasteiger partial charge is 0.137 e. The third-order valence-electron chi connectivity index (χ3n) is 1.47. The van der Waals surface area contributed by atoms with Crippen LogP contribution >= 0.6 is 28.3 Å². The fraction of sp³-hybridized carbons (Fsp3) is 0.250. The Kier molecular flexibility index (Phi) is 4.75. The first-order valence-electron chi connectivity index (χ1n) is 3.32. The molecule has 68 valence electrons. The van der Waals surface area contributed by atoms with E-state index < -0.39 is 0 Å². The lowest BCUT2D eigenvalue weighted by Gasteiger charge is -2.05. The van der Waals surface area contributed by atoms with Crippen LogP contribution in [0.2, 0.25) is 0 Å². The highest BCUT2D eigenvalue weighted by atomic mass is 79.9. The third kappa shape index (κ3) is 2.73. The van der Waals surface area contributed by atoms with Gasteiger partial charge in [-0.1, -0.05) is 6.07 Å². The van der Waals surface area contributed by atoms with Crippen molar-refractivity contribution in [1.82, 2.24) is 0 Å². The van der Waals surface area contributed by atoms with Crippen LogP contribution in [0, 0.1) is 5.82 Å². The Balaban J connectivity index is 0.00000121. The van der Waals surface area contributed by atoms with E-state index >= 15 is 0 Å². The molecule has 0 fully saturated rings. The Morgan fingerprint density at radius 1 is 1.50 bits per heavy atom. The van der Waals surface area contributed by atoms with Gasteiger partial charge >= 0.3 is 0 Å². The molecule has 0 aromatic heterocycles. The maximum absolute atomic E-state index is 12.7. The lowest BCUT2D eigenvalue weighted by molar-refractivity contribution is 0.619. The van der Waals surface area contributed by atoms with Gasteiger partial charge < -0.3 is 5.73 Å². The fourth-order valence-electron chi connectivity index (χ4n) is 0.796. The van der Waals surface area contributed by atoms with Gasteiger partial charge in [0.05, 0.1) is 4.47 Å². The third-order valence-corrected chi connectivity index (χ3v) is 2.08. The number of nitrogens with two attached hydrogens (primary N) is 1. The SMILES string of the molecule is CC(N)c1ccc(F)c(Br)c1.Cl. The Bertz CT molecular complexity index is 265. The summed E-state index contributed by atoms with van der Waals surface area (Å²) in [7, 11) is 0. The minimum absolute atomic E-state index is 0. The van der Waals surface area contributed by atoms with E-state index in [1.807, 2.05) is 6.92 Å². The van der Waals surface area contributed by atoms with Crippen LogP contribution in [0.3, 0.4) is 0 Å². The van der Waals surface area contributed by atoms with Crippen LogP contribution < -0.4 is 5.73 Å². The molecule has 0 radical (unpaired) electrons. The molecule has 0 bridgehead atoms. The highest BCUT2D eigenvalue weighted by Crippen LogP contribution is 2.19. The Morgan fingerprint density at radius 2 is 2.08 bits per heavy atom. The molecule has 1 aromatic rings. The molecular formula is C8H10BrClFN. The van der Waals surface area contributed by atoms with Crippen molar-refractivity contribution in [2.45, 2.75) is 13.0 Å². The van der Waals surface area contributed by atoms with E-state index in [0.29, 0.717) is 4.47 Å². The predicted octanol–water partition coefficient (Wildman–Crippen LogP) is 3.03. The highest BCUT2D eigenvalue weighted by Gasteiger charge is 2.02. The molecule has 1 aromatic carbocycles. The molecule has 0 amide bonds. The van der Waals surface area contributed by atoms with Crippen molar-refractivity contribution in [3.05, 3.63) is 34.1 Å². The first kappa shape index (κ1) is 11.9. The second-order valence-corrected chi connectivity index (χ2v) is 3.32. The summed E-state index contributed by atoms with van der Waals surface area (Å²) in [6, 6.07) is 4.74. The Morgan fingerprint density at radius 3 is 2.50 bits per heavy atom. The van der Waals surface area contributed by atoms with Crippen molar-refractivity contribution >= 4 is 28.3 Å². The molecule has 0 aliphatic heterocycles. The van der Waals surface area contributed by atoms with Gasteiger partial charge in [-0.15, -0.1) is 12.4 Å². The zero-order valence-electron chi connectivity index (χ0n) is 6.55. The monoisotopic (exact) mass is 253 g/mol. The Hall–Kier alpha value is -0.120. The van der Waals surface area contributed by atoms with E-state index in [1.165, 1.54) is 6.07 Å². The van der Waals surface area contributed by atoms with Gasteiger partial charge in [-0.2, -0.15) is 0 Å². The largest absolute Gasteiger partial charge is 0.324 e. The lowest BCUT2D eigenvalue weighted by atomic mass is 10.1. The van der Waals surface area contributed by atoms with Crippen LogP contribution in [0.1, 0.15) is 18.5 Å². The van der Waals surface area contributed by atoms with E-state index in [0.717, 1.165) is 5.56 Å². The normalized spacial score (nSPS) is 12.0. The van der Waals surface area contributed by atoms with Gasteiger partial charge in [0.25, 0.3) is 0 Å². The number of benzene rings is 1. The minimum Gasteiger partial charge on any atom is -0.324 e. The van der Waals surface area contributed by atoms with Crippen molar-refractivity contribution in [3.63, 3.8) is 0 Å². The summed E-state index contributed by atoms with van der Waals surface area (Å²) in [5, 5.41) is 0. The zero-order valence-corrected chi connectivity index (χ0v) is 8.95. The maximum atomic E-state index is 12.7. The highest BCUT2D eigenvalue weighted by molar-refractivity contribution is 9.10. The summed E-state index contributed by atoms with van der Waals surface area (Å²) < 4.78 is 13.1. The van der Waals surface area contributed by atoms with Crippen LogP contribution in [-0.4, -0.2) is 0 Å². The van der Waals surface area contributed by atoms with Crippen molar-refractivity contribution in [2.75, 3.05) is 0 Å². The number of hydrogen-bond acceptors (Lipinski definition) is 1. The molecule has 12 heavy (non-hydrogen) atoms. The van der Waals surface area contributed by atoms with Crippen LogP contribution in [0.25, 0.3) is 0 Å². The van der Waals surface area contributed by atoms with Gasteiger partial charge in [0.15, 0.2) is 0 Å². The van der Waals surface area contributed by atoms with Crippen molar-refractivity contribution < 1.29 is 4.39 Å². The van der Waals surface area contributed by atoms with Crippen LogP contribution in [-0.2, 0) is 0 Å². The first-order valence-corrected chi connectivity index (χ1v) is 4.11. The molecule has 0 aliphatic rings. The summed E-state index contributed by atoms with van der Waals surface area (Å²) in [6.45, 7) is 1.86. The molecule has 0 saturated carbocycles. The van der Waals surface area contributed by atoms with Crippen LogP contribution in [0.15, 0.2) is 22.7 Å². The molecule has 1 unspecified atom stereocenters. The summed E-state index contributed by atoms with van der Waals surface area (Å²) in [4.78, 5) is 0. The van der Waals surface area contributed by atoms with E-state index in [2.05, 4.69) is 15.9 Å². The molecule has 1 nitrogen and oxygen atoms in total. The number of halogens is 3. The summed E-state index contributed by atoms with van der Waals surface area (Å²) in [6.07, 6.45) is 0. The molecule has 1 atom stereocenters. The molecular weight excluding hydrogens is 244 g/mol. The first-order chi connectivity index (χ1) is 5.11. The molecule has 0 spiro atoms. The van der Waals surface area contributed by atoms with Crippen molar-refractivity contribution in [1.29, 1.82) is 0 Å². The number of hydrogen-bond donors (Lipinski definition) is 1. The minimum atomic E-state index is -0.255. The Labute approximate surface area is 85.7 Å². The molecule has 0 saturated heterocycles. The average molecular weight is 255 g/mol. The standard InChI is InChI=1S/C8H9BrFN.ClH/c1-5(11)6-2-3-8(10)7(9)4-6;/h2-5H,11H2,1H3;1H. The van der Waals surface area contributed by atoms with Crippen molar-refractivity contribution in [3.8, 4) is 0 Å². The van der Waals surface area contributed by atoms with E-state index in [-0.39, 0.29) is 24.3 Å². The predicted molar refractivity (Wildman–Crippen MR) is 54.0 cm³/mol. The molecule has 2 N–H and O–H groups in total. The van der Waals surface area contributed by atoms with E-state index in [4.69, 9.17) is 5.73 Å². The number of rotatable bonds is 1. The van der Waals surface area contributed by atoms with Gasteiger partial charge in [-0.05, 0) is 40.5 Å². The van der Waals surface area contributed by atoms with Gasteiger partial charge in [0.1, 0.15) is 5.82 Å². The van der Waals surface area contributed by atoms with Gasteiger partial charge in [0, 0.05) is 6.04 Å². The topological polar surface area (TPSA) is 26.0 Å². The average Bonchev–Trinajstić information content (AvgIpc) is 1.94. The second kappa shape index (κ2) is 4.80. The van der Waals surface area contributed by atoms with Gasteiger partial charge in [0.2, 0.25) is 0 Å². The molecule has 0 aliphatic carbocycles. The van der Waals surface area contributed by atoms with Crippen molar-refractivity contribution in [2.24, 2.45) is 5.73 Å². The summed E-state index contributed by atoms with van der Waals surface area (Å²) in [5.41, 5.74) is 6.52. The van der Waals surface area contributed by atoms with Gasteiger partial charge in [-0.3, -0.25) is 0 Å². The molecule has 4 heteroatoms. The molecule has 0 heterocycles. The van der Waals surface area contributed by atoms with Crippen LogP contribution in [0.5, 0.6) is 0 Å². The molecule has 1 rings (SSSR count). The quantitative estimate of drug-likeness (QED) is 0.819. The summed E-state index contributed by atoms with van der Waals surface area (Å²) in [5.74, 6) is -0.255. The fourth-order valence-corrected chi connectivity index (χ4v) is 1.19. The lowest BCUT2D eigenvalue weighted by Crippen LogP contribution is -2.04.